The number of hydrogen-bond acceptors (Lipinski definition) is 4. The van der Waals surface area contributed by atoms with Crippen LogP contribution in [0, 0.1) is 0 Å². The van der Waals surface area contributed by atoms with Crippen LogP contribution in [0.5, 0.6) is 11.5 Å². The van der Waals surface area contributed by atoms with Gasteiger partial charge in [0.25, 0.3) is 0 Å². The summed E-state index contributed by atoms with van der Waals surface area (Å²) in [5.74, 6) is -0.193. The smallest absolute Gasteiger partial charge is 0.157 e. The SMILES string of the molecule is C=C(C)COCCNCc1ccc(O)c(O)c1. The van der Waals surface area contributed by atoms with Crippen molar-refractivity contribution < 1.29 is 14.9 Å². The first-order chi connectivity index (χ1) is 8.09. The second kappa shape index (κ2) is 6.93. The minimum absolute atomic E-state index is 0.0946. The number of phenolic OH excluding ortho intramolecular Hbond substituents is 2. The Labute approximate surface area is 102 Å². The quantitative estimate of drug-likeness (QED) is 0.384. The van der Waals surface area contributed by atoms with Crippen molar-refractivity contribution in [3.05, 3.63) is 35.9 Å². The lowest BCUT2D eigenvalue weighted by Gasteiger charge is -2.07. The van der Waals surface area contributed by atoms with E-state index in [1.807, 2.05) is 6.92 Å². The highest BCUT2D eigenvalue weighted by molar-refractivity contribution is 5.40. The van der Waals surface area contributed by atoms with Gasteiger partial charge in [0.15, 0.2) is 11.5 Å². The zero-order valence-electron chi connectivity index (χ0n) is 10.1. The molecule has 0 atom stereocenters. The number of benzene rings is 1. The molecule has 94 valence electrons. The van der Waals surface area contributed by atoms with E-state index in [2.05, 4.69) is 11.9 Å². The predicted octanol–water partition coefficient (Wildman–Crippen LogP) is 1.78. The maximum Gasteiger partial charge on any atom is 0.157 e. The van der Waals surface area contributed by atoms with Crippen LogP contribution in [0.25, 0.3) is 0 Å². The summed E-state index contributed by atoms with van der Waals surface area (Å²) in [4.78, 5) is 0. The van der Waals surface area contributed by atoms with Crippen LogP contribution in [-0.2, 0) is 11.3 Å². The van der Waals surface area contributed by atoms with Crippen molar-refractivity contribution in [2.24, 2.45) is 0 Å². The zero-order valence-corrected chi connectivity index (χ0v) is 10.1. The molecule has 0 aliphatic rings. The fourth-order valence-electron chi connectivity index (χ4n) is 1.30. The molecule has 17 heavy (non-hydrogen) atoms. The zero-order chi connectivity index (χ0) is 12.7. The first-order valence-corrected chi connectivity index (χ1v) is 5.53. The van der Waals surface area contributed by atoms with E-state index in [4.69, 9.17) is 9.84 Å². The first kappa shape index (κ1) is 13.5. The highest BCUT2D eigenvalue weighted by Gasteiger charge is 1.99. The Bertz CT molecular complexity index is 377. The minimum atomic E-state index is -0.0986. The molecule has 0 saturated heterocycles. The lowest BCUT2D eigenvalue weighted by atomic mass is 10.2. The van der Waals surface area contributed by atoms with Crippen molar-refractivity contribution >= 4 is 0 Å². The van der Waals surface area contributed by atoms with Gasteiger partial charge in [-0.15, -0.1) is 0 Å². The topological polar surface area (TPSA) is 61.7 Å². The molecule has 0 aliphatic heterocycles. The first-order valence-electron chi connectivity index (χ1n) is 5.53. The maximum absolute atomic E-state index is 9.29. The molecule has 0 saturated carbocycles. The van der Waals surface area contributed by atoms with Gasteiger partial charge in [-0.3, -0.25) is 0 Å². The summed E-state index contributed by atoms with van der Waals surface area (Å²) >= 11 is 0. The van der Waals surface area contributed by atoms with Crippen LogP contribution < -0.4 is 5.32 Å². The highest BCUT2D eigenvalue weighted by Crippen LogP contribution is 2.24. The molecule has 0 spiro atoms. The Kier molecular flexibility index (Phi) is 5.52. The van der Waals surface area contributed by atoms with E-state index in [0.29, 0.717) is 19.8 Å². The summed E-state index contributed by atoms with van der Waals surface area (Å²) in [7, 11) is 0. The Morgan fingerprint density at radius 3 is 2.76 bits per heavy atom. The molecule has 4 heteroatoms. The standard InChI is InChI=1S/C13H19NO3/c1-10(2)9-17-6-5-14-8-11-3-4-12(15)13(16)7-11/h3-4,7,14-16H,1,5-6,8-9H2,2H3. The van der Waals surface area contributed by atoms with Crippen molar-refractivity contribution in [2.45, 2.75) is 13.5 Å². The molecule has 0 fully saturated rings. The predicted molar refractivity (Wildman–Crippen MR) is 67.1 cm³/mol. The summed E-state index contributed by atoms with van der Waals surface area (Å²) in [5, 5.41) is 21.6. The lowest BCUT2D eigenvalue weighted by molar-refractivity contribution is 0.158. The van der Waals surface area contributed by atoms with Crippen molar-refractivity contribution in [3.8, 4) is 11.5 Å². The third-order valence-electron chi connectivity index (χ3n) is 2.14. The van der Waals surface area contributed by atoms with Crippen molar-refractivity contribution in [3.63, 3.8) is 0 Å². The van der Waals surface area contributed by atoms with Crippen LogP contribution in [0.15, 0.2) is 30.4 Å². The lowest BCUT2D eigenvalue weighted by Crippen LogP contribution is -2.19. The van der Waals surface area contributed by atoms with Gasteiger partial charge < -0.3 is 20.3 Å². The molecular formula is C13H19NO3. The third-order valence-corrected chi connectivity index (χ3v) is 2.14. The fourth-order valence-corrected chi connectivity index (χ4v) is 1.30. The van der Waals surface area contributed by atoms with Crippen LogP contribution in [0.1, 0.15) is 12.5 Å². The second-order valence-electron chi connectivity index (χ2n) is 4.01. The van der Waals surface area contributed by atoms with E-state index in [1.54, 1.807) is 6.07 Å². The van der Waals surface area contributed by atoms with E-state index in [9.17, 15) is 5.11 Å². The summed E-state index contributed by atoms with van der Waals surface area (Å²) in [6, 6.07) is 4.78. The van der Waals surface area contributed by atoms with E-state index < -0.39 is 0 Å². The van der Waals surface area contributed by atoms with Crippen LogP contribution in [0.4, 0.5) is 0 Å². The van der Waals surface area contributed by atoms with E-state index in [0.717, 1.165) is 17.7 Å². The Morgan fingerprint density at radius 2 is 2.12 bits per heavy atom. The number of hydrogen-bond donors (Lipinski definition) is 3. The van der Waals surface area contributed by atoms with E-state index >= 15 is 0 Å². The van der Waals surface area contributed by atoms with Crippen LogP contribution in [0.3, 0.4) is 0 Å². The van der Waals surface area contributed by atoms with Crippen LogP contribution in [-0.4, -0.2) is 30.0 Å². The number of phenols is 2. The van der Waals surface area contributed by atoms with Gasteiger partial charge >= 0.3 is 0 Å². The Balaban J connectivity index is 2.18. The number of rotatable bonds is 7. The van der Waals surface area contributed by atoms with Crippen LogP contribution in [0.2, 0.25) is 0 Å². The maximum atomic E-state index is 9.29. The van der Waals surface area contributed by atoms with Crippen molar-refractivity contribution in [2.75, 3.05) is 19.8 Å². The van der Waals surface area contributed by atoms with Gasteiger partial charge in [-0.1, -0.05) is 18.2 Å². The van der Waals surface area contributed by atoms with Gasteiger partial charge in [0.1, 0.15) is 0 Å². The summed E-state index contributed by atoms with van der Waals surface area (Å²) in [6.45, 7) is 8.23. The highest BCUT2D eigenvalue weighted by atomic mass is 16.5. The largest absolute Gasteiger partial charge is 0.504 e. The molecule has 0 unspecified atom stereocenters. The monoisotopic (exact) mass is 237 g/mol. The van der Waals surface area contributed by atoms with Crippen molar-refractivity contribution in [1.82, 2.24) is 5.32 Å². The molecule has 0 bridgehead atoms. The third kappa shape index (κ3) is 5.38. The van der Waals surface area contributed by atoms with Gasteiger partial charge in [-0.2, -0.15) is 0 Å². The van der Waals surface area contributed by atoms with Gasteiger partial charge in [0.05, 0.1) is 13.2 Å². The molecule has 1 aromatic carbocycles. The average molecular weight is 237 g/mol. The van der Waals surface area contributed by atoms with Gasteiger partial charge in [-0.05, 0) is 24.6 Å². The molecule has 0 heterocycles. The van der Waals surface area contributed by atoms with Crippen molar-refractivity contribution in [1.29, 1.82) is 0 Å². The summed E-state index contributed by atoms with van der Waals surface area (Å²) in [5.41, 5.74) is 1.92. The Morgan fingerprint density at radius 1 is 1.35 bits per heavy atom. The van der Waals surface area contributed by atoms with E-state index in [-0.39, 0.29) is 11.5 Å². The Hall–Kier alpha value is -1.52. The molecule has 0 amide bonds. The normalized spacial score (nSPS) is 10.4. The van der Waals surface area contributed by atoms with Gasteiger partial charge in [-0.25, -0.2) is 0 Å². The molecular weight excluding hydrogens is 218 g/mol. The van der Waals surface area contributed by atoms with Gasteiger partial charge in [0, 0.05) is 13.1 Å². The van der Waals surface area contributed by atoms with Crippen LogP contribution >= 0.6 is 0 Å². The summed E-state index contributed by atoms with van der Waals surface area (Å²) < 4.78 is 5.32. The van der Waals surface area contributed by atoms with Gasteiger partial charge in [0.2, 0.25) is 0 Å². The number of aromatic hydroxyl groups is 2. The molecule has 0 aromatic heterocycles. The number of nitrogens with one attached hydrogen (secondary N) is 1. The minimum Gasteiger partial charge on any atom is -0.504 e. The molecule has 1 aromatic rings. The fraction of sp³-hybridized carbons (Fsp3) is 0.385. The average Bonchev–Trinajstić information content (AvgIpc) is 2.27. The molecule has 1 rings (SSSR count). The second-order valence-corrected chi connectivity index (χ2v) is 4.01. The van der Waals surface area contributed by atoms with E-state index in [1.165, 1.54) is 12.1 Å². The molecule has 3 N–H and O–H groups in total. The molecule has 0 aliphatic carbocycles. The summed E-state index contributed by atoms with van der Waals surface area (Å²) in [6.07, 6.45) is 0. The number of ether oxygens (including phenoxy) is 1. The molecule has 0 radical (unpaired) electrons. The molecule has 4 nitrogen and oxygen atoms in total.